The van der Waals surface area contributed by atoms with Gasteiger partial charge in [-0.25, -0.2) is 13.4 Å². The summed E-state index contributed by atoms with van der Waals surface area (Å²) in [4.78, 5) is 4.34. The van der Waals surface area contributed by atoms with Crippen molar-refractivity contribution in [3.05, 3.63) is 66.4 Å². The summed E-state index contributed by atoms with van der Waals surface area (Å²) in [5.41, 5.74) is 2.55. The molecule has 1 aliphatic heterocycles. The summed E-state index contributed by atoms with van der Waals surface area (Å²) in [6, 6.07) is 17.5. The lowest BCUT2D eigenvalue weighted by Gasteiger charge is -2.09. The van der Waals surface area contributed by atoms with E-state index >= 15 is 0 Å². The lowest BCUT2D eigenvalue weighted by atomic mass is 10.1. The molecule has 1 aromatic heterocycles. The third-order valence-corrected chi connectivity index (χ3v) is 5.37. The lowest BCUT2D eigenvalue weighted by molar-refractivity contribution is 0.174. The van der Waals surface area contributed by atoms with Crippen molar-refractivity contribution in [2.24, 2.45) is 0 Å². The Labute approximate surface area is 151 Å². The fourth-order valence-electron chi connectivity index (χ4n) is 2.70. The SMILES string of the molecule is Cc1cccc(NS(=O)(=O)c2ccc(-c3ccc4c(c3)OCO4)cc2)n1. The van der Waals surface area contributed by atoms with Gasteiger partial charge in [-0.1, -0.05) is 24.3 Å². The number of nitrogens with zero attached hydrogens (tertiary/aromatic N) is 1. The molecular weight excluding hydrogens is 352 g/mol. The topological polar surface area (TPSA) is 77.5 Å². The fourth-order valence-corrected chi connectivity index (χ4v) is 3.70. The number of fused-ring (bicyclic) bond motifs is 1. The number of rotatable bonds is 4. The average molecular weight is 368 g/mol. The maximum atomic E-state index is 12.5. The second-order valence-electron chi connectivity index (χ2n) is 5.86. The average Bonchev–Trinajstić information content (AvgIpc) is 3.09. The molecule has 3 aromatic rings. The first-order chi connectivity index (χ1) is 12.5. The van der Waals surface area contributed by atoms with Crippen molar-refractivity contribution in [3.8, 4) is 22.6 Å². The molecule has 0 fully saturated rings. The summed E-state index contributed by atoms with van der Waals surface area (Å²) in [5.74, 6) is 1.69. The Bertz CT molecular complexity index is 1060. The third-order valence-electron chi connectivity index (χ3n) is 4.00. The van der Waals surface area contributed by atoms with Gasteiger partial charge in [-0.2, -0.15) is 0 Å². The quantitative estimate of drug-likeness (QED) is 0.761. The van der Waals surface area contributed by atoms with E-state index in [1.165, 1.54) is 0 Å². The molecule has 2 aromatic carbocycles. The van der Waals surface area contributed by atoms with Crippen LogP contribution in [0.1, 0.15) is 5.69 Å². The minimum atomic E-state index is -3.70. The van der Waals surface area contributed by atoms with E-state index in [1.54, 1.807) is 49.4 Å². The van der Waals surface area contributed by atoms with Crippen LogP contribution in [0, 0.1) is 6.92 Å². The van der Waals surface area contributed by atoms with Gasteiger partial charge in [0.15, 0.2) is 11.5 Å². The monoisotopic (exact) mass is 368 g/mol. The summed E-state index contributed by atoms with van der Waals surface area (Å²) in [7, 11) is -3.70. The van der Waals surface area contributed by atoms with Gasteiger partial charge < -0.3 is 9.47 Å². The van der Waals surface area contributed by atoms with Crippen molar-refractivity contribution in [2.75, 3.05) is 11.5 Å². The molecular formula is C19H16N2O4S. The van der Waals surface area contributed by atoms with Gasteiger partial charge >= 0.3 is 0 Å². The number of aromatic nitrogens is 1. The van der Waals surface area contributed by atoms with E-state index in [4.69, 9.17) is 9.47 Å². The highest BCUT2D eigenvalue weighted by Crippen LogP contribution is 2.36. The predicted octanol–water partition coefficient (Wildman–Crippen LogP) is 3.59. The Kier molecular flexibility index (Phi) is 4.00. The Morgan fingerprint density at radius 2 is 1.65 bits per heavy atom. The van der Waals surface area contributed by atoms with Crippen LogP contribution in [0.5, 0.6) is 11.5 Å². The van der Waals surface area contributed by atoms with Crippen LogP contribution in [0.25, 0.3) is 11.1 Å². The van der Waals surface area contributed by atoms with E-state index < -0.39 is 10.0 Å². The molecule has 7 heteroatoms. The normalized spacial score (nSPS) is 12.8. The Balaban J connectivity index is 1.59. The molecule has 0 amide bonds. The molecule has 0 saturated carbocycles. The van der Waals surface area contributed by atoms with Crippen molar-refractivity contribution in [3.63, 3.8) is 0 Å². The highest BCUT2D eigenvalue weighted by molar-refractivity contribution is 7.92. The fraction of sp³-hybridized carbons (Fsp3) is 0.105. The minimum absolute atomic E-state index is 0.172. The number of aryl methyl sites for hydroxylation is 1. The van der Waals surface area contributed by atoms with E-state index in [-0.39, 0.29) is 11.7 Å². The van der Waals surface area contributed by atoms with E-state index in [0.29, 0.717) is 17.3 Å². The van der Waals surface area contributed by atoms with Crippen LogP contribution in [-0.2, 0) is 10.0 Å². The van der Waals surface area contributed by atoms with Crippen LogP contribution in [0.15, 0.2) is 65.6 Å². The molecule has 0 unspecified atom stereocenters. The highest BCUT2D eigenvalue weighted by atomic mass is 32.2. The first-order valence-corrected chi connectivity index (χ1v) is 9.46. The summed E-state index contributed by atoms with van der Waals surface area (Å²) in [6.45, 7) is 2.02. The van der Waals surface area contributed by atoms with Gasteiger partial charge in [-0.05, 0) is 54.4 Å². The number of pyridine rings is 1. The van der Waals surface area contributed by atoms with Gasteiger partial charge in [0.1, 0.15) is 5.82 Å². The maximum Gasteiger partial charge on any atom is 0.263 e. The van der Waals surface area contributed by atoms with Gasteiger partial charge in [0.25, 0.3) is 10.0 Å². The number of hydrogen-bond acceptors (Lipinski definition) is 5. The third kappa shape index (κ3) is 3.21. The molecule has 4 rings (SSSR count). The van der Waals surface area contributed by atoms with E-state index in [2.05, 4.69) is 9.71 Å². The van der Waals surface area contributed by atoms with E-state index in [0.717, 1.165) is 16.8 Å². The van der Waals surface area contributed by atoms with Crippen molar-refractivity contribution < 1.29 is 17.9 Å². The van der Waals surface area contributed by atoms with Crippen molar-refractivity contribution in [1.82, 2.24) is 4.98 Å². The van der Waals surface area contributed by atoms with Crippen LogP contribution in [-0.4, -0.2) is 20.2 Å². The molecule has 0 aliphatic carbocycles. The molecule has 2 heterocycles. The molecule has 0 radical (unpaired) electrons. The first-order valence-electron chi connectivity index (χ1n) is 7.98. The molecule has 1 N–H and O–H groups in total. The standard InChI is InChI=1S/C19H16N2O4S/c1-13-3-2-4-19(20-13)21-26(22,23)16-8-5-14(6-9-16)15-7-10-17-18(11-15)25-12-24-17/h2-11H,12H2,1H3,(H,20,21). The number of hydrogen-bond donors (Lipinski definition) is 1. The summed E-state index contributed by atoms with van der Waals surface area (Å²) < 4.78 is 38.2. The Hall–Kier alpha value is -3.06. The molecule has 6 nitrogen and oxygen atoms in total. The maximum absolute atomic E-state index is 12.5. The van der Waals surface area contributed by atoms with Crippen molar-refractivity contribution >= 4 is 15.8 Å². The van der Waals surface area contributed by atoms with Crippen LogP contribution < -0.4 is 14.2 Å². The molecule has 132 valence electrons. The van der Waals surface area contributed by atoms with E-state index in [1.807, 2.05) is 18.2 Å². The number of benzene rings is 2. The largest absolute Gasteiger partial charge is 0.454 e. The van der Waals surface area contributed by atoms with Crippen LogP contribution >= 0.6 is 0 Å². The van der Waals surface area contributed by atoms with Crippen LogP contribution in [0.2, 0.25) is 0 Å². The number of ether oxygens (including phenoxy) is 2. The minimum Gasteiger partial charge on any atom is -0.454 e. The second-order valence-corrected chi connectivity index (χ2v) is 7.54. The molecule has 0 spiro atoms. The number of nitrogens with one attached hydrogen (secondary N) is 1. The Morgan fingerprint density at radius 1 is 0.923 bits per heavy atom. The van der Waals surface area contributed by atoms with E-state index in [9.17, 15) is 8.42 Å². The zero-order chi connectivity index (χ0) is 18.1. The van der Waals surface area contributed by atoms with Crippen LogP contribution in [0.3, 0.4) is 0 Å². The van der Waals surface area contributed by atoms with Crippen LogP contribution in [0.4, 0.5) is 5.82 Å². The van der Waals surface area contributed by atoms with Gasteiger partial charge in [0, 0.05) is 5.69 Å². The second kappa shape index (κ2) is 6.34. The summed E-state index contributed by atoms with van der Waals surface area (Å²) >= 11 is 0. The predicted molar refractivity (Wildman–Crippen MR) is 97.8 cm³/mol. The molecule has 1 aliphatic rings. The number of anilines is 1. The van der Waals surface area contributed by atoms with Crippen molar-refractivity contribution in [1.29, 1.82) is 0 Å². The smallest absolute Gasteiger partial charge is 0.263 e. The molecule has 0 bridgehead atoms. The first kappa shape index (κ1) is 16.4. The zero-order valence-electron chi connectivity index (χ0n) is 14.0. The zero-order valence-corrected chi connectivity index (χ0v) is 14.8. The molecule has 0 atom stereocenters. The Morgan fingerprint density at radius 3 is 2.42 bits per heavy atom. The van der Waals surface area contributed by atoms with Gasteiger partial charge in [0.2, 0.25) is 6.79 Å². The number of sulfonamides is 1. The summed E-state index contributed by atoms with van der Waals surface area (Å²) in [5, 5.41) is 0. The summed E-state index contributed by atoms with van der Waals surface area (Å²) in [6.07, 6.45) is 0. The lowest BCUT2D eigenvalue weighted by Crippen LogP contribution is -2.14. The molecule has 0 saturated heterocycles. The molecule has 26 heavy (non-hydrogen) atoms. The van der Waals surface area contributed by atoms with Gasteiger partial charge in [-0.15, -0.1) is 0 Å². The highest BCUT2D eigenvalue weighted by Gasteiger charge is 2.16. The van der Waals surface area contributed by atoms with Gasteiger partial charge in [0.05, 0.1) is 4.90 Å². The van der Waals surface area contributed by atoms with Gasteiger partial charge in [-0.3, -0.25) is 4.72 Å². The van der Waals surface area contributed by atoms with Crippen molar-refractivity contribution in [2.45, 2.75) is 11.8 Å².